The Bertz CT molecular complexity index is 985. The molecule has 0 fully saturated rings. The monoisotopic (exact) mass is 346 g/mol. The maximum absolute atomic E-state index is 13.0. The van der Waals surface area contributed by atoms with Crippen LogP contribution in [0.4, 0.5) is 0 Å². The van der Waals surface area contributed by atoms with Gasteiger partial charge < -0.3 is 9.73 Å². The number of allylic oxidation sites excluding steroid dienone is 1. The summed E-state index contributed by atoms with van der Waals surface area (Å²) in [5, 5.41) is 4.00. The van der Waals surface area contributed by atoms with Crippen molar-refractivity contribution in [1.29, 1.82) is 0 Å². The first kappa shape index (κ1) is 16.6. The van der Waals surface area contributed by atoms with Crippen LogP contribution < -0.4 is 5.32 Å². The van der Waals surface area contributed by atoms with Gasteiger partial charge in [-0.25, -0.2) is 4.98 Å². The molecule has 3 aromatic rings. The van der Waals surface area contributed by atoms with Crippen molar-refractivity contribution in [2.75, 3.05) is 6.54 Å². The van der Waals surface area contributed by atoms with E-state index >= 15 is 0 Å². The molecule has 0 atom stereocenters. The predicted octanol–water partition coefficient (Wildman–Crippen LogP) is 4.70. The Kier molecular flexibility index (Phi) is 4.33. The average Bonchev–Trinajstić information content (AvgIpc) is 3.28. The normalized spacial score (nSPS) is 15.0. The fourth-order valence-electron chi connectivity index (χ4n) is 3.47. The number of carbonyl (C=O) groups is 1. The lowest BCUT2D eigenvalue weighted by molar-refractivity contribution is 0.0949. The van der Waals surface area contributed by atoms with E-state index in [9.17, 15) is 4.79 Å². The molecule has 26 heavy (non-hydrogen) atoms. The molecule has 2 aromatic heterocycles. The Morgan fingerprint density at radius 1 is 1.23 bits per heavy atom. The van der Waals surface area contributed by atoms with E-state index in [0.29, 0.717) is 12.5 Å². The summed E-state index contributed by atoms with van der Waals surface area (Å²) >= 11 is 0. The lowest BCUT2D eigenvalue weighted by Gasteiger charge is -2.14. The third-order valence-corrected chi connectivity index (χ3v) is 4.70. The number of para-hydroxylation sites is 1. The second-order valence-corrected chi connectivity index (χ2v) is 7.12. The maximum Gasteiger partial charge on any atom is 0.252 e. The van der Waals surface area contributed by atoms with Crippen molar-refractivity contribution in [3.05, 3.63) is 65.2 Å². The minimum atomic E-state index is -0.00667. The van der Waals surface area contributed by atoms with E-state index < -0.39 is 0 Å². The number of rotatable bonds is 4. The summed E-state index contributed by atoms with van der Waals surface area (Å²) in [5.74, 6) is 1.22. The first-order valence-corrected chi connectivity index (χ1v) is 9.07. The average molecular weight is 346 g/mol. The van der Waals surface area contributed by atoms with Crippen LogP contribution in [0.1, 0.15) is 47.6 Å². The predicted molar refractivity (Wildman–Crippen MR) is 104 cm³/mol. The van der Waals surface area contributed by atoms with Gasteiger partial charge in [-0.1, -0.05) is 32.0 Å². The highest BCUT2D eigenvalue weighted by Crippen LogP contribution is 2.37. The highest BCUT2D eigenvalue weighted by molar-refractivity contribution is 6.09. The third-order valence-electron chi connectivity index (χ3n) is 4.70. The topological polar surface area (TPSA) is 55.1 Å². The highest BCUT2D eigenvalue weighted by Gasteiger charge is 2.26. The summed E-state index contributed by atoms with van der Waals surface area (Å²) in [6.45, 7) is 4.86. The second kappa shape index (κ2) is 6.79. The molecule has 1 N–H and O–H groups in total. The minimum absolute atomic E-state index is 0.00667. The van der Waals surface area contributed by atoms with Crippen LogP contribution in [0, 0.1) is 5.92 Å². The Hall–Kier alpha value is -2.88. The lowest BCUT2D eigenvalue weighted by Crippen LogP contribution is -2.28. The van der Waals surface area contributed by atoms with Crippen molar-refractivity contribution in [3.8, 4) is 0 Å². The second-order valence-electron chi connectivity index (χ2n) is 7.12. The number of benzene rings is 1. The number of fused-ring (bicyclic) bond motifs is 2. The van der Waals surface area contributed by atoms with Crippen LogP contribution in [0.15, 0.2) is 47.1 Å². The molecule has 0 bridgehead atoms. The van der Waals surface area contributed by atoms with Crippen LogP contribution in [-0.2, 0) is 6.42 Å². The molecule has 0 spiro atoms. The highest BCUT2D eigenvalue weighted by atomic mass is 16.3. The van der Waals surface area contributed by atoms with Crippen LogP contribution in [0.2, 0.25) is 0 Å². The molecular weight excluding hydrogens is 324 g/mol. The molecular formula is C22H22N2O2. The fraction of sp³-hybridized carbons (Fsp3) is 0.273. The summed E-state index contributed by atoms with van der Waals surface area (Å²) in [4.78, 5) is 17.8. The van der Waals surface area contributed by atoms with Crippen molar-refractivity contribution in [2.24, 2.45) is 5.92 Å². The SMILES string of the molecule is CC(C)CNC(=O)c1c2c(nc3ccccc13)/C(=C\c1ccco1)CC2. The standard InChI is InChI=1S/C22H22N2O2/c1-14(2)13-23-22(25)20-17-7-3-4-8-19(17)24-21-15(9-10-18(20)21)12-16-6-5-11-26-16/h3-8,11-12,14H,9-10,13H2,1-2H3,(H,23,25)/b15-12-. The third kappa shape index (κ3) is 3.03. The molecule has 4 nitrogen and oxygen atoms in total. The lowest BCUT2D eigenvalue weighted by atomic mass is 10.00. The molecule has 0 radical (unpaired) electrons. The van der Waals surface area contributed by atoms with Crippen molar-refractivity contribution in [1.82, 2.24) is 10.3 Å². The van der Waals surface area contributed by atoms with Gasteiger partial charge >= 0.3 is 0 Å². The van der Waals surface area contributed by atoms with Gasteiger partial charge in [-0.2, -0.15) is 0 Å². The van der Waals surface area contributed by atoms with Crippen LogP contribution in [0.3, 0.4) is 0 Å². The molecule has 1 aliphatic carbocycles. The zero-order valence-corrected chi connectivity index (χ0v) is 15.1. The molecule has 0 unspecified atom stereocenters. The number of hydrogen-bond acceptors (Lipinski definition) is 3. The number of hydrogen-bond donors (Lipinski definition) is 1. The van der Waals surface area contributed by atoms with Crippen molar-refractivity contribution < 1.29 is 9.21 Å². The summed E-state index contributed by atoms with van der Waals surface area (Å²) in [6, 6.07) is 11.7. The van der Waals surface area contributed by atoms with E-state index in [-0.39, 0.29) is 5.91 Å². The minimum Gasteiger partial charge on any atom is -0.465 e. The van der Waals surface area contributed by atoms with E-state index in [2.05, 4.69) is 19.2 Å². The first-order chi connectivity index (χ1) is 12.6. The molecule has 4 heteroatoms. The van der Waals surface area contributed by atoms with E-state index in [4.69, 9.17) is 9.40 Å². The van der Waals surface area contributed by atoms with E-state index in [0.717, 1.165) is 51.9 Å². The van der Waals surface area contributed by atoms with E-state index in [1.54, 1.807) is 6.26 Å². The largest absolute Gasteiger partial charge is 0.465 e. The van der Waals surface area contributed by atoms with Gasteiger partial charge in [0.2, 0.25) is 0 Å². The Balaban J connectivity index is 1.85. The number of amides is 1. The first-order valence-electron chi connectivity index (χ1n) is 9.07. The number of furan rings is 1. The Labute approximate surface area is 152 Å². The molecule has 0 saturated heterocycles. The number of nitrogens with zero attached hydrogens (tertiary/aromatic N) is 1. The van der Waals surface area contributed by atoms with Crippen LogP contribution in [0.25, 0.3) is 22.6 Å². The molecule has 4 rings (SSSR count). The molecule has 1 aliphatic rings. The summed E-state index contributed by atoms with van der Waals surface area (Å²) in [7, 11) is 0. The summed E-state index contributed by atoms with van der Waals surface area (Å²) in [5.41, 5.74) is 4.72. The molecule has 1 amide bonds. The van der Waals surface area contributed by atoms with Gasteiger partial charge in [0, 0.05) is 11.9 Å². The molecule has 0 saturated carbocycles. The van der Waals surface area contributed by atoms with Crippen LogP contribution in [0.5, 0.6) is 0 Å². The van der Waals surface area contributed by atoms with Gasteiger partial charge in [0.25, 0.3) is 5.91 Å². The fourth-order valence-corrected chi connectivity index (χ4v) is 3.47. The van der Waals surface area contributed by atoms with Gasteiger partial charge in [-0.05, 0) is 54.2 Å². The quantitative estimate of drug-likeness (QED) is 0.745. The van der Waals surface area contributed by atoms with Gasteiger partial charge in [0.05, 0.1) is 23.0 Å². The van der Waals surface area contributed by atoms with Crippen molar-refractivity contribution in [3.63, 3.8) is 0 Å². The summed E-state index contributed by atoms with van der Waals surface area (Å²) < 4.78 is 5.46. The molecule has 2 heterocycles. The van der Waals surface area contributed by atoms with E-state index in [1.165, 1.54) is 0 Å². The maximum atomic E-state index is 13.0. The van der Waals surface area contributed by atoms with Crippen LogP contribution in [-0.4, -0.2) is 17.4 Å². The van der Waals surface area contributed by atoms with Crippen molar-refractivity contribution in [2.45, 2.75) is 26.7 Å². The van der Waals surface area contributed by atoms with Gasteiger partial charge in [-0.15, -0.1) is 0 Å². The number of aromatic nitrogens is 1. The van der Waals surface area contributed by atoms with Gasteiger partial charge in [0.1, 0.15) is 5.76 Å². The Morgan fingerprint density at radius 2 is 2.08 bits per heavy atom. The molecule has 0 aliphatic heterocycles. The zero-order valence-electron chi connectivity index (χ0n) is 15.1. The number of pyridine rings is 1. The molecule has 132 valence electrons. The number of nitrogens with one attached hydrogen (secondary N) is 1. The smallest absolute Gasteiger partial charge is 0.252 e. The Morgan fingerprint density at radius 3 is 2.85 bits per heavy atom. The van der Waals surface area contributed by atoms with Crippen LogP contribution >= 0.6 is 0 Å². The van der Waals surface area contributed by atoms with Gasteiger partial charge in [-0.3, -0.25) is 4.79 Å². The van der Waals surface area contributed by atoms with Gasteiger partial charge in [0.15, 0.2) is 0 Å². The van der Waals surface area contributed by atoms with Crippen molar-refractivity contribution >= 4 is 28.5 Å². The zero-order chi connectivity index (χ0) is 18.1. The number of carbonyl (C=O) groups excluding carboxylic acids is 1. The summed E-state index contributed by atoms with van der Waals surface area (Å²) in [6.07, 6.45) is 5.39. The van der Waals surface area contributed by atoms with E-state index in [1.807, 2.05) is 42.5 Å². The molecule has 1 aromatic carbocycles.